The molecular weight excluding hydrogens is 402 g/mol. The number of carbonyl (C=O) groups excluding carboxylic acids is 3. The molecule has 0 heterocycles. The van der Waals surface area contributed by atoms with Crippen molar-refractivity contribution in [2.24, 2.45) is 5.73 Å². The highest BCUT2D eigenvalue weighted by molar-refractivity contribution is 5.86. The number of carbonyl (C=O) groups is 3. The van der Waals surface area contributed by atoms with Gasteiger partial charge < -0.3 is 21.2 Å². The first kappa shape index (κ1) is 30.3. The topological polar surface area (TPSA) is 101 Å². The predicted octanol–water partition coefficient (Wildman–Crippen LogP) is 4.95. The first-order chi connectivity index (χ1) is 15.6. The molecule has 0 aliphatic rings. The third-order valence-corrected chi connectivity index (χ3v) is 5.59. The predicted molar refractivity (Wildman–Crippen MR) is 133 cm³/mol. The molecule has 2 amide bonds. The van der Waals surface area contributed by atoms with Gasteiger partial charge in [0.2, 0.25) is 11.8 Å². The highest BCUT2D eigenvalue weighted by Gasteiger charge is 2.11. The Morgan fingerprint density at radius 1 is 0.781 bits per heavy atom. The van der Waals surface area contributed by atoms with E-state index in [1.807, 2.05) is 0 Å². The fourth-order valence-electron chi connectivity index (χ4n) is 3.56. The molecule has 0 bridgehead atoms. The second kappa shape index (κ2) is 24.0. The SMILES string of the molecule is CCCCCCCC/C=C\CCCCCCCC(=O)NCC(=O)N[C@H](C=O)CCCCN. The van der Waals surface area contributed by atoms with E-state index in [4.69, 9.17) is 5.73 Å². The highest BCUT2D eigenvalue weighted by atomic mass is 16.2. The summed E-state index contributed by atoms with van der Waals surface area (Å²) in [6, 6.07) is -0.503. The van der Waals surface area contributed by atoms with Crippen molar-refractivity contribution in [3.8, 4) is 0 Å². The van der Waals surface area contributed by atoms with Crippen LogP contribution in [0.3, 0.4) is 0 Å². The van der Waals surface area contributed by atoms with E-state index in [1.54, 1.807) is 0 Å². The van der Waals surface area contributed by atoms with E-state index in [2.05, 4.69) is 29.7 Å². The van der Waals surface area contributed by atoms with Gasteiger partial charge in [0.1, 0.15) is 6.29 Å². The molecule has 6 nitrogen and oxygen atoms in total. The number of aldehydes is 1. The summed E-state index contributed by atoms with van der Waals surface area (Å²) in [5.74, 6) is -0.434. The average Bonchev–Trinajstić information content (AvgIpc) is 2.79. The van der Waals surface area contributed by atoms with Crippen molar-refractivity contribution in [3.63, 3.8) is 0 Å². The van der Waals surface area contributed by atoms with Crippen LogP contribution in [0.25, 0.3) is 0 Å². The fraction of sp³-hybridized carbons (Fsp3) is 0.808. The highest BCUT2D eigenvalue weighted by Crippen LogP contribution is 2.10. The Kier molecular flexibility index (Phi) is 22.7. The van der Waals surface area contributed by atoms with Crippen LogP contribution < -0.4 is 16.4 Å². The number of nitrogens with two attached hydrogens (primary N) is 1. The van der Waals surface area contributed by atoms with Gasteiger partial charge in [-0.1, -0.05) is 70.4 Å². The van der Waals surface area contributed by atoms with Crippen molar-refractivity contribution in [1.82, 2.24) is 10.6 Å². The molecule has 0 aliphatic carbocycles. The van der Waals surface area contributed by atoms with Gasteiger partial charge in [-0.05, 0) is 57.9 Å². The van der Waals surface area contributed by atoms with Gasteiger partial charge in [-0.15, -0.1) is 0 Å². The maximum absolute atomic E-state index is 11.9. The lowest BCUT2D eigenvalue weighted by Gasteiger charge is -2.13. The van der Waals surface area contributed by atoms with Crippen LogP contribution in [0.15, 0.2) is 12.2 Å². The van der Waals surface area contributed by atoms with Crippen molar-refractivity contribution in [3.05, 3.63) is 12.2 Å². The standard InChI is InChI=1S/C26H49N3O3/c1-2-3-4-5-6-7-8-9-10-11-12-13-14-15-16-20-25(31)28-22-26(32)29-24(23-30)19-17-18-21-27/h9-10,23-24H,2-8,11-22,27H2,1H3,(H,28,31)(H,29,32)/b10-9-/t24-/m0/s1. The number of amides is 2. The first-order valence-corrected chi connectivity index (χ1v) is 13.0. The molecule has 32 heavy (non-hydrogen) atoms. The molecule has 0 saturated heterocycles. The summed E-state index contributed by atoms with van der Waals surface area (Å²) >= 11 is 0. The third-order valence-electron chi connectivity index (χ3n) is 5.59. The summed E-state index contributed by atoms with van der Waals surface area (Å²) in [6.45, 7) is 2.75. The van der Waals surface area contributed by atoms with Gasteiger partial charge in [0.25, 0.3) is 0 Å². The molecule has 0 aromatic heterocycles. The minimum Gasteiger partial charge on any atom is -0.347 e. The van der Waals surface area contributed by atoms with Crippen LogP contribution in [0.5, 0.6) is 0 Å². The molecule has 0 spiro atoms. The Hall–Kier alpha value is -1.69. The molecule has 0 rings (SSSR count). The van der Waals surface area contributed by atoms with E-state index >= 15 is 0 Å². The Bertz CT molecular complexity index is 495. The number of hydrogen-bond donors (Lipinski definition) is 3. The summed E-state index contributed by atoms with van der Waals surface area (Å²) in [7, 11) is 0. The zero-order valence-corrected chi connectivity index (χ0v) is 20.5. The summed E-state index contributed by atoms with van der Waals surface area (Å²) < 4.78 is 0. The number of unbranched alkanes of at least 4 members (excludes halogenated alkanes) is 12. The van der Waals surface area contributed by atoms with Crippen LogP contribution in [-0.4, -0.2) is 37.2 Å². The van der Waals surface area contributed by atoms with Gasteiger partial charge in [-0.3, -0.25) is 9.59 Å². The van der Waals surface area contributed by atoms with Gasteiger partial charge in [-0.25, -0.2) is 0 Å². The van der Waals surface area contributed by atoms with Crippen molar-refractivity contribution >= 4 is 18.1 Å². The van der Waals surface area contributed by atoms with Crippen LogP contribution >= 0.6 is 0 Å². The second-order valence-corrected chi connectivity index (χ2v) is 8.71. The zero-order valence-electron chi connectivity index (χ0n) is 20.5. The summed E-state index contributed by atoms with van der Waals surface area (Å²) in [5, 5.41) is 5.27. The van der Waals surface area contributed by atoms with Crippen molar-refractivity contribution in [1.29, 1.82) is 0 Å². The third kappa shape index (κ3) is 21.5. The van der Waals surface area contributed by atoms with E-state index in [1.165, 1.54) is 57.8 Å². The molecule has 1 atom stereocenters. The fourth-order valence-corrected chi connectivity index (χ4v) is 3.56. The molecule has 0 aliphatic heterocycles. The molecular formula is C26H49N3O3. The Labute approximate surface area is 196 Å². The monoisotopic (exact) mass is 451 g/mol. The first-order valence-electron chi connectivity index (χ1n) is 13.0. The summed E-state index contributed by atoms with van der Waals surface area (Å²) in [6.07, 6.45) is 23.9. The molecule has 6 heteroatoms. The normalized spacial score (nSPS) is 12.1. The summed E-state index contributed by atoms with van der Waals surface area (Å²) in [4.78, 5) is 34.7. The van der Waals surface area contributed by atoms with Crippen molar-refractivity contribution < 1.29 is 14.4 Å². The van der Waals surface area contributed by atoms with E-state index in [0.717, 1.165) is 44.8 Å². The van der Waals surface area contributed by atoms with Gasteiger partial charge in [0, 0.05) is 6.42 Å². The minimum atomic E-state index is -0.503. The lowest BCUT2D eigenvalue weighted by atomic mass is 10.1. The molecule has 0 fully saturated rings. The number of nitrogens with one attached hydrogen (secondary N) is 2. The van der Waals surface area contributed by atoms with E-state index in [9.17, 15) is 14.4 Å². The van der Waals surface area contributed by atoms with E-state index in [-0.39, 0.29) is 18.4 Å². The molecule has 4 N–H and O–H groups in total. The molecule has 0 unspecified atom stereocenters. The van der Waals surface area contributed by atoms with Crippen molar-refractivity contribution in [2.45, 2.75) is 122 Å². The van der Waals surface area contributed by atoms with Crippen LogP contribution in [0.4, 0.5) is 0 Å². The number of rotatable bonds is 23. The molecule has 0 radical (unpaired) electrons. The largest absolute Gasteiger partial charge is 0.347 e. The molecule has 0 saturated carbocycles. The maximum atomic E-state index is 11.9. The number of hydrogen-bond acceptors (Lipinski definition) is 4. The average molecular weight is 452 g/mol. The molecule has 0 aromatic carbocycles. The van der Waals surface area contributed by atoms with Crippen LogP contribution in [-0.2, 0) is 14.4 Å². The van der Waals surface area contributed by atoms with E-state index < -0.39 is 6.04 Å². The lowest BCUT2D eigenvalue weighted by Crippen LogP contribution is -2.42. The van der Waals surface area contributed by atoms with Gasteiger partial charge in [0.05, 0.1) is 12.6 Å². The Morgan fingerprint density at radius 3 is 1.97 bits per heavy atom. The van der Waals surface area contributed by atoms with Crippen LogP contribution in [0.2, 0.25) is 0 Å². The molecule has 186 valence electrons. The van der Waals surface area contributed by atoms with Crippen LogP contribution in [0, 0.1) is 0 Å². The minimum absolute atomic E-state index is 0.0782. The number of allylic oxidation sites excluding steroid dienone is 2. The Morgan fingerprint density at radius 2 is 1.38 bits per heavy atom. The van der Waals surface area contributed by atoms with Crippen molar-refractivity contribution in [2.75, 3.05) is 13.1 Å². The Balaban J connectivity index is 3.51. The molecule has 0 aromatic rings. The smallest absolute Gasteiger partial charge is 0.239 e. The lowest BCUT2D eigenvalue weighted by molar-refractivity contribution is -0.127. The maximum Gasteiger partial charge on any atom is 0.239 e. The van der Waals surface area contributed by atoms with Gasteiger partial charge in [0.15, 0.2) is 0 Å². The zero-order chi connectivity index (χ0) is 23.7. The van der Waals surface area contributed by atoms with E-state index in [0.29, 0.717) is 19.4 Å². The van der Waals surface area contributed by atoms with Gasteiger partial charge in [-0.2, -0.15) is 0 Å². The quantitative estimate of drug-likeness (QED) is 0.116. The second-order valence-electron chi connectivity index (χ2n) is 8.71. The summed E-state index contributed by atoms with van der Waals surface area (Å²) in [5.41, 5.74) is 5.43. The van der Waals surface area contributed by atoms with Gasteiger partial charge >= 0.3 is 0 Å². The van der Waals surface area contributed by atoms with Crippen LogP contribution in [0.1, 0.15) is 116 Å².